The first kappa shape index (κ1) is 21.4. The molecular formula is C23H27N7O3. The summed E-state index contributed by atoms with van der Waals surface area (Å²) in [5, 5.41) is 21.8. The van der Waals surface area contributed by atoms with Gasteiger partial charge in [-0.1, -0.05) is 0 Å². The molecule has 33 heavy (non-hydrogen) atoms. The first-order chi connectivity index (χ1) is 15.8. The van der Waals surface area contributed by atoms with Crippen LogP contribution in [0.25, 0.3) is 27.9 Å². The van der Waals surface area contributed by atoms with Crippen molar-refractivity contribution in [1.29, 1.82) is 0 Å². The highest BCUT2D eigenvalue weighted by Crippen LogP contribution is 2.32. The molecular weight excluding hydrogens is 422 g/mol. The third-order valence-electron chi connectivity index (χ3n) is 6.13. The van der Waals surface area contributed by atoms with E-state index in [0.29, 0.717) is 22.7 Å². The number of hydrogen-bond acceptors (Lipinski definition) is 7. The van der Waals surface area contributed by atoms with E-state index in [0.717, 1.165) is 16.6 Å². The van der Waals surface area contributed by atoms with Gasteiger partial charge in [0.25, 0.3) is 5.91 Å². The lowest BCUT2D eigenvalue weighted by Crippen LogP contribution is -2.50. The lowest BCUT2D eigenvalue weighted by Gasteiger charge is -2.23. The van der Waals surface area contributed by atoms with Crippen LogP contribution < -0.4 is 10.6 Å². The average molecular weight is 450 g/mol. The van der Waals surface area contributed by atoms with E-state index in [4.69, 9.17) is 9.72 Å². The van der Waals surface area contributed by atoms with Crippen molar-refractivity contribution >= 4 is 28.4 Å². The van der Waals surface area contributed by atoms with Crippen molar-refractivity contribution in [2.24, 2.45) is 0 Å². The van der Waals surface area contributed by atoms with E-state index < -0.39 is 11.6 Å². The molecule has 4 aromatic heterocycles. The van der Waals surface area contributed by atoms with E-state index in [-0.39, 0.29) is 25.2 Å². The first-order valence-electron chi connectivity index (χ1n) is 10.9. The summed E-state index contributed by atoms with van der Waals surface area (Å²) >= 11 is 0. The number of hydrogen-bond donors (Lipinski definition) is 3. The highest BCUT2D eigenvalue weighted by molar-refractivity contribution is 6.01. The predicted molar refractivity (Wildman–Crippen MR) is 124 cm³/mol. The molecule has 4 aromatic rings. The molecule has 1 fully saturated rings. The van der Waals surface area contributed by atoms with E-state index in [1.54, 1.807) is 24.7 Å². The van der Waals surface area contributed by atoms with Gasteiger partial charge in [-0.2, -0.15) is 9.61 Å². The summed E-state index contributed by atoms with van der Waals surface area (Å²) in [6.07, 6.45) is 5.32. The molecule has 0 bridgehead atoms. The van der Waals surface area contributed by atoms with Gasteiger partial charge in [-0.15, -0.1) is 0 Å². The molecule has 5 rings (SSSR count). The number of anilines is 1. The summed E-state index contributed by atoms with van der Waals surface area (Å²) in [5.74, 6) is 0.332. The van der Waals surface area contributed by atoms with Crippen molar-refractivity contribution in [3.63, 3.8) is 0 Å². The van der Waals surface area contributed by atoms with Gasteiger partial charge >= 0.3 is 0 Å². The monoisotopic (exact) mass is 449 g/mol. The molecule has 5 heterocycles. The topological polar surface area (TPSA) is 119 Å². The van der Waals surface area contributed by atoms with Crippen LogP contribution >= 0.6 is 0 Å². The first-order valence-corrected chi connectivity index (χ1v) is 10.9. The molecule has 0 radical (unpaired) electrons. The van der Waals surface area contributed by atoms with Gasteiger partial charge in [-0.05, 0) is 32.9 Å². The summed E-state index contributed by atoms with van der Waals surface area (Å²) in [6, 6.07) is 5.54. The van der Waals surface area contributed by atoms with Crippen LogP contribution in [-0.2, 0) is 4.74 Å². The predicted octanol–water partition coefficient (Wildman–Crippen LogP) is 2.25. The number of rotatable bonds is 5. The summed E-state index contributed by atoms with van der Waals surface area (Å²) in [4.78, 5) is 22.5. The Bertz CT molecular complexity index is 1360. The molecule has 1 aliphatic rings. The summed E-state index contributed by atoms with van der Waals surface area (Å²) in [7, 11) is 1.80. The van der Waals surface area contributed by atoms with E-state index in [1.165, 1.54) is 6.20 Å². The Kier molecular flexibility index (Phi) is 5.06. The van der Waals surface area contributed by atoms with Crippen molar-refractivity contribution in [3.05, 3.63) is 42.4 Å². The van der Waals surface area contributed by atoms with Crippen LogP contribution in [0.5, 0.6) is 0 Å². The number of amides is 1. The molecule has 1 amide bonds. The number of nitrogens with one attached hydrogen (secondary N) is 2. The second-order valence-corrected chi connectivity index (χ2v) is 8.89. The van der Waals surface area contributed by atoms with Crippen LogP contribution in [0.1, 0.15) is 37.2 Å². The Labute approximate surface area is 190 Å². The fraction of sp³-hybridized carbons (Fsp3) is 0.391. The molecule has 10 nitrogen and oxygen atoms in total. The maximum atomic E-state index is 13.1. The van der Waals surface area contributed by atoms with Crippen LogP contribution in [0.15, 0.2) is 36.8 Å². The molecule has 3 N–H and O–H groups in total. The Hall–Kier alpha value is -3.50. The minimum atomic E-state index is -1.13. The Morgan fingerprint density at radius 3 is 2.88 bits per heavy atom. The van der Waals surface area contributed by atoms with E-state index in [9.17, 15) is 9.90 Å². The van der Waals surface area contributed by atoms with Crippen molar-refractivity contribution in [2.75, 3.05) is 25.6 Å². The lowest BCUT2D eigenvalue weighted by molar-refractivity contribution is 0.0288. The second kappa shape index (κ2) is 7.82. The molecule has 1 aliphatic heterocycles. The van der Waals surface area contributed by atoms with Gasteiger partial charge in [-0.3, -0.25) is 4.79 Å². The number of carbonyl (C=O) groups excluding carboxylic acids is 1. The largest absolute Gasteiger partial charge is 0.386 e. The number of fused-ring (bicyclic) bond motifs is 2. The van der Waals surface area contributed by atoms with Crippen molar-refractivity contribution in [2.45, 2.75) is 38.5 Å². The Balaban J connectivity index is 1.63. The van der Waals surface area contributed by atoms with Gasteiger partial charge in [0.1, 0.15) is 22.6 Å². The zero-order valence-electron chi connectivity index (χ0n) is 19.0. The average Bonchev–Trinajstić information content (AvgIpc) is 3.48. The molecule has 1 saturated heterocycles. The van der Waals surface area contributed by atoms with E-state index in [2.05, 4.69) is 39.1 Å². The third-order valence-corrected chi connectivity index (χ3v) is 6.13. The zero-order valence-corrected chi connectivity index (χ0v) is 19.0. The minimum absolute atomic E-state index is 0.174. The molecule has 0 spiro atoms. The second-order valence-electron chi connectivity index (χ2n) is 8.89. The van der Waals surface area contributed by atoms with Gasteiger partial charge in [0.15, 0.2) is 5.65 Å². The van der Waals surface area contributed by atoms with E-state index in [1.807, 2.05) is 24.4 Å². The quantitative estimate of drug-likeness (QED) is 0.428. The number of aromatic nitrogens is 5. The van der Waals surface area contributed by atoms with Crippen LogP contribution in [0.3, 0.4) is 0 Å². The fourth-order valence-corrected chi connectivity index (χ4v) is 4.22. The fourth-order valence-electron chi connectivity index (χ4n) is 4.22. The van der Waals surface area contributed by atoms with Gasteiger partial charge in [-0.25, -0.2) is 9.97 Å². The summed E-state index contributed by atoms with van der Waals surface area (Å²) < 4.78 is 9.05. The summed E-state index contributed by atoms with van der Waals surface area (Å²) in [5.41, 5.74) is 2.12. The van der Waals surface area contributed by atoms with Crippen LogP contribution in [0, 0.1) is 0 Å². The molecule has 10 heteroatoms. The van der Waals surface area contributed by atoms with Gasteiger partial charge in [0, 0.05) is 42.5 Å². The van der Waals surface area contributed by atoms with Crippen LogP contribution in [0.2, 0.25) is 0 Å². The van der Waals surface area contributed by atoms with Gasteiger partial charge < -0.3 is 25.0 Å². The molecule has 0 saturated carbocycles. The number of aliphatic hydroxyl groups is 1. The highest BCUT2D eigenvalue weighted by Gasteiger charge is 2.39. The molecule has 0 aromatic carbocycles. The zero-order chi connectivity index (χ0) is 23.3. The minimum Gasteiger partial charge on any atom is -0.386 e. The number of nitrogens with zero attached hydrogens (tertiary/aromatic N) is 5. The van der Waals surface area contributed by atoms with Gasteiger partial charge in [0.05, 0.1) is 31.1 Å². The van der Waals surface area contributed by atoms with Crippen LogP contribution in [0.4, 0.5) is 5.82 Å². The third kappa shape index (κ3) is 3.51. The number of ether oxygens (including phenoxy) is 1. The summed E-state index contributed by atoms with van der Waals surface area (Å²) in [6.45, 7) is 6.28. The molecule has 0 aliphatic carbocycles. The van der Waals surface area contributed by atoms with Crippen molar-refractivity contribution < 1.29 is 14.6 Å². The molecule has 172 valence electrons. The Morgan fingerprint density at radius 1 is 1.36 bits per heavy atom. The molecule has 0 unspecified atom stereocenters. The van der Waals surface area contributed by atoms with Gasteiger partial charge in [0.2, 0.25) is 0 Å². The maximum Gasteiger partial charge on any atom is 0.257 e. The number of carbonyl (C=O) groups is 1. The smallest absolute Gasteiger partial charge is 0.257 e. The van der Waals surface area contributed by atoms with Crippen molar-refractivity contribution in [1.82, 2.24) is 29.5 Å². The standard InChI is InChI=1S/C23H27N7O3/c1-13(2)29-10-16(14-6-5-7-25-20(14)29)17-8-19(24-4)30-21(27-17)15(9-26-30)22(31)28-18-11-33-12-23(18,3)32/h5-10,13,18,24,32H,11-12H2,1-4H3,(H,28,31)/t18-,23+/m0/s1. The van der Waals surface area contributed by atoms with Crippen LogP contribution in [-0.4, -0.2) is 67.1 Å². The maximum absolute atomic E-state index is 13.1. The lowest BCUT2D eigenvalue weighted by atomic mass is 10.0. The van der Waals surface area contributed by atoms with Crippen molar-refractivity contribution in [3.8, 4) is 11.3 Å². The Morgan fingerprint density at radius 2 is 2.18 bits per heavy atom. The number of pyridine rings is 1. The normalized spacial score (nSPS) is 20.7. The highest BCUT2D eigenvalue weighted by atomic mass is 16.5. The van der Waals surface area contributed by atoms with E-state index >= 15 is 0 Å². The molecule has 2 atom stereocenters. The SMILES string of the molecule is CNc1cc(-c2cn(C(C)C)c3ncccc23)nc2c(C(=O)N[C@H]3COC[C@@]3(C)O)cnn12.